The fourth-order valence-corrected chi connectivity index (χ4v) is 5.89. The Balaban J connectivity index is 1.60. The Hall–Kier alpha value is -2.18. The van der Waals surface area contributed by atoms with Gasteiger partial charge >= 0.3 is 5.97 Å². The largest absolute Gasteiger partial charge is 0.465 e. The zero-order valence-electron chi connectivity index (χ0n) is 15.2. The average Bonchev–Trinajstić information content (AvgIpc) is 2.95. The predicted molar refractivity (Wildman–Crippen MR) is 102 cm³/mol. The van der Waals surface area contributed by atoms with E-state index in [1.54, 1.807) is 30.3 Å². The van der Waals surface area contributed by atoms with Crippen LogP contribution in [-0.2, 0) is 27.6 Å². The molecule has 2 aromatic rings. The van der Waals surface area contributed by atoms with E-state index in [-0.39, 0.29) is 23.8 Å². The summed E-state index contributed by atoms with van der Waals surface area (Å²) >= 11 is 0. The molecule has 3 unspecified atom stereocenters. The quantitative estimate of drug-likeness (QED) is 0.822. The van der Waals surface area contributed by atoms with Crippen LogP contribution in [0.4, 0.5) is 0 Å². The number of esters is 1. The number of sulfonamides is 1. The number of rotatable bonds is 4. The predicted octanol–water partition coefficient (Wildman–Crippen LogP) is 2.95. The molecule has 0 amide bonds. The smallest absolute Gasteiger partial charge is 0.337 e. The summed E-state index contributed by atoms with van der Waals surface area (Å²) in [4.78, 5) is 12.1. The van der Waals surface area contributed by atoms with Crippen LogP contribution in [0.2, 0.25) is 0 Å². The number of hydrogen-bond donors (Lipinski definition) is 1. The highest BCUT2D eigenvalue weighted by molar-refractivity contribution is 7.89. The molecule has 0 aromatic heterocycles. The molecule has 6 heteroatoms. The van der Waals surface area contributed by atoms with E-state index in [1.165, 1.54) is 12.7 Å². The minimum Gasteiger partial charge on any atom is -0.465 e. The molecule has 0 saturated heterocycles. The van der Waals surface area contributed by atoms with Gasteiger partial charge in [-0.05, 0) is 72.9 Å². The molecule has 27 heavy (non-hydrogen) atoms. The van der Waals surface area contributed by atoms with Crippen LogP contribution in [0, 0.1) is 11.8 Å². The van der Waals surface area contributed by atoms with Crippen molar-refractivity contribution < 1.29 is 17.9 Å². The van der Waals surface area contributed by atoms with Crippen molar-refractivity contribution in [1.29, 1.82) is 0 Å². The number of ether oxygens (including phenoxy) is 1. The summed E-state index contributed by atoms with van der Waals surface area (Å²) in [6, 6.07) is 14.1. The molecule has 2 aromatic carbocycles. The second kappa shape index (κ2) is 7.09. The molecule has 0 heterocycles. The van der Waals surface area contributed by atoms with Gasteiger partial charge in [-0.15, -0.1) is 0 Å². The standard InChI is InChI=1S/C21H23NO4S/c1-26-21(23)17-10-7-14-11-15-8-9-16(12-18(14)13-17)20(15)22-27(24,25)19-5-3-2-4-6-19/h2-7,10,13,15-16,20,22H,8-9,11-12H2,1H3. The maximum atomic E-state index is 12.8. The third-order valence-electron chi connectivity index (χ3n) is 5.86. The first-order valence-electron chi connectivity index (χ1n) is 9.25. The molecule has 2 aliphatic rings. The molecule has 1 saturated carbocycles. The highest BCUT2D eigenvalue weighted by Crippen LogP contribution is 2.41. The Kier molecular flexibility index (Phi) is 4.78. The lowest BCUT2D eigenvalue weighted by Crippen LogP contribution is -2.41. The Labute approximate surface area is 159 Å². The van der Waals surface area contributed by atoms with Crippen molar-refractivity contribution in [2.75, 3.05) is 7.11 Å². The van der Waals surface area contributed by atoms with Gasteiger partial charge < -0.3 is 4.74 Å². The van der Waals surface area contributed by atoms with E-state index in [0.29, 0.717) is 10.5 Å². The summed E-state index contributed by atoms with van der Waals surface area (Å²) in [7, 11) is -2.16. The number of fused-ring (bicyclic) bond motifs is 3. The summed E-state index contributed by atoms with van der Waals surface area (Å²) in [5.74, 6) is 0.176. The van der Waals surface area contributed by atoms with Gasteiger partial charge in [-0.1, -0.05) is 24.3 Å². The normalized spacial score (nSPS) is 24.1. The third kappa shape index (κ3) is 3.51. The SMILES string of the molecule is COC(=O)c1ccc2c(c1)CC1CCC(C2)C1NS(=O)(=O)c1ccccc1. The maximum absolute atomic E-state index is 12.8. The first-order valence-corrected chi connectivity index (χ1v) is 10.7. The van der Waals surface area contributed by atoms with E-state index >= 15 is 0 Å². The summed E-state index contributed by atoms with van der Waals surface area (Å²) in [5.41, 5.74) is 2.89. The molecule has 1 N–H and O–H groups in total. The van der Waals surface area contributed by atoms with Gasteiger partial charge in [0.25, 0.3) is 0 Å². The van der Waals surface area contributed by atoms with E-state index in [1.807, 2.05) is 18.2 Å². The molecule has 3 atom stereocenters. The van der Waals surface area contributed by atoms with E-state index in [4.69, 9.17) is 4.74 Å². The monoisotopic (exact) mass is 385 g/mol. The van der Waals surface area contributed by atoms with E-state index in [0.717, 1.165) is 31.2 Å². The number of hydrogen-bond acceptors (Lipinski definition) is 4. The van der Waals surface area contributed by atoms with Gasteiger partial charge in [-0.25, -0.2) is 17.9 Å². The van der Waals surface area contributed by atoms with Gasteiger partial charge in [0.2, 0.25) is 10.0 Å². The highest BCUT2D eigenvalue weighted by atomic mass is 32.2. The van der Waals surface area contributed by atoms with Crippen LogP contribution in [0.5, 0.6) is 0 Å². The molecule has 2 aliphatic carbocycles. The second-order valence-electron chi connectivity index (χ2n) is 7.44. The van der Waals surface area contributed by atoms with Gasteiger partial charge in [0, 0.05) is 6.04 Å². The zero-order valence-corrected chi connectivity index (χ0v) is 16.0. The molecule has 142 valence electrons. The van der Waals surface area contributed by atoms with Crippen LogP contribution >= 0.6 is 0 Å². The lowest BCUT2D eigenvalue weighted by Gasteiger charge is -2.23. The van der Waals surface area contributed by atoms with Crippen LogP contribution in [0.1, 0.15) is 34.3 Å². The maximum Gasteiger partial charge on any atom is 0.337 e. The molecule has 5 nitrogen and oxygen atoms in total. The third-order valence-corrected chi connectivity index (χ3v) is 7.34. The van der Waals surface area contributed by atoms with Gasteiger partial charge in [0.15, 0.2) is 0 Å². The fraction of sp³-hybridized carbons (Fsp3) is 0.381. The van der Waals surface area contributed by atoms with Crippen molar-refractivity contribution in [3.63, 3.8) is 0 Å². The zero-order chi connectivity index (χ0) is 19.0. The Morgan fingerprint density at radius 3 is 2.33 bits per heavy atom. The van der Waals surface area contributed by atoms with E-state index < -0.39 is 10.0 Å². The van der Waals surface area contributed by atoms with Gasteiger partial charge in [-0.3, -0.25) is 0 Å². The van der Waals surface area contributed by atoms with Crippen LogP contribution < -0.4 is 4.72 Å². The van der Waals surface area contributed by atoms with Crippen molar-refractivity contribution in [1.82, 2.24) is 4.72 Å². The van der Waals surface area contributed by atoms with Crippen molar-refractivity contribution in [2.24, 2.45) is 11.8 Å². The molecular weight excluding hydrogens is 362 g/mol. The minimum atomic E-state index is -3.54. The van der Waals surface area contributed by atoms with Crippen molar-refractivity contribution in [2.45, 2.75) is 36.6 Å². The second-order valence-corrected chi connectivity index (χ2v) is 9.15. The molecule has 0 spiro atoms. The summed E-state index contributed by atoms with van der Waals surface area (Å²) in [6.45, 7) is 0. The number of benzene rings is 2. The molecular formula is C21H23NO4S. The Morgan fingerprint density at radius 2 is 1.67 bits per heavy atom. The molecule has 0 radical (unpaired) electrons. The highest BCUT2D eigenvalue weighted by Gasteiger charge is 2.41. The van der Waals surface area contributed by atoms with Gasteiger partial charge in [0.05, 0.1) is 17.6 Å². The average molecular weight is 385 g/mol. The lowest BCUT2D eigenvalue weighted by molar-refractivity contribution is 0.0600. The molecule has 2 bridgehead atoms. The number of carbonyl (C=O) groups is 1. The molecule has 1 fully saturated rings. The topological polar surface area (TPSA) is 72.5 Å². The first kappa shape index (κ1) is 18.2. The van der Waals surface area contributed by atoms with Crippen LogP contribution in [0.3, 0.4) is 0 Å². The summed E-state index contributed by atoms with van der Waals surface area (Å²) in [6.07, 6.45) is 3.62. The Bertz CT molecular complexity index is 955. The minimum absolute atomic E-state index is 0.0795. The van der Waals surface area contributed by atoms with E-state index in [2.05, 4.69) is 4.72 Å². The van der Waals surface area contributed by atoms with Crippen molar-refractivity contribution in [3.05, 3.63) is 65.2 Å². The number of methoxy groups -OCH3 is 1. The fourth-order valence-electron chi connectivity index (χ4n) is 4.49. The van der Waals surface area contributed by atoms with Crippen LogP contribution in [-0.4, -0.2) is 27.5 Å². The van der Waals surface area contributed by atoms with Gasteiger partial charge in [-0.2, -0.15) is 0 Å². The lowest BCUT2D eigenvalue weighted by atomic mass is 9.92. The van der Waals surface area contributed by atoms with Gasteiger partial charge in [0.1, 0.15) is 0 Å². The number of nitrogens with one attached hydrogen (secondary N) is 1. The van der Waals surface area contributed by atoms with Crippen molar-refractivity contribution >= 4 is 16.0 Å². The number of carbonyl (C=O) groups excluding carboxylic acids is 1. The first-order chi connectivity index (χ1) is 13.0. The van der Waals surface area contributed by atoms with Crippen molar-refractivity contribution in [3.8, 4) is 0 Å². The summed E-state index contributed by atoms with van der Waals surface area (Å²) in [5, 5.41) is 0. The van der Waals surface area contributed by atoms with E-state index in [9.17, 15) is 13.2 Å². The van der Waals surface area contributed by atoms with Crippen LogP contribution in [0.15, 0.2) is 53.4 Å². The summed E-state index contributed by atoms with van der Waals surface area (Å²) < 4.78 is 33.4. The van der Waals surface area contributed by atoms with Crippen LogP contribution in [0.25, 0.3) is 0 Å². The molecule has 0 aliphatic heterocycles. The molecule has 4 rings (SSSR count). The Morgan fingerprint density at radius 1 is 1.00 bits per heavy atom.